The molecule has 0 radical (unpaired) electrons. The number of aryl methyl sites for hydroxylation is 1. The fraction of sp³-hybridized carbons (Fsp3) is 0.571. The van der Waals surface area contributed by atoms with Gasteiger partial charge in [0.25, 0.3) is 0 Å². The van der Waals surface area contributed by atoms with E-state index in [1.165, 1.54) is 18.4 Å². The molecule has 4 rings (SSSR count). The van der Waals surface area contributed by atoms with Crippen molar-refractivity contribution in [3.8, 4) is 5.88 Å². The van der Waals surface area contributed by atoms with E-state index >= 15 is 0 Å². The maximum Gasteiger partial charge on any atom is 0.213 e. The standard InChI is InChI=1S/C21H30N6O.HI/c1-3-22-21(27-9-7-18(14-27)19-12-25-26(2)13-19)24-11-17-6-8-23-20(10-17)28-15-16-4-5-16;/h6,8,10,12-13,16,18H,3-5,7,9,11,14-15H2,1-2H3,(H,22,24);1H. The first-order valence-electron chi connectivity index (χ1n) is 10.3. The van der Waals surface area contributed by atoms with Crippen LogP contribution in [0.3, 0.4) is 0 Å². The van der Waals surface area contributed by atoms with Gasteiger partial charge in [0.15, 0.2) is 5.96 Å². The minimum atomic E-state index is 0. The normalized spacial score (nSPS) is 19.2. The second kappa shape index (κ2) is 10.3. The molecule has 0 amide bonds. The molecule has 1 N–H and O–H groups in total. The van der Waals surface area contributed by atoms with E-state index in [1.54, 1.807) is 0 Å². The lowest BCUT2D eigenvalue weighted by atomic mass is 10.0. The fourth-order valence-corrected chi connectivity index (χ4v) is 3.58. The van der Waals surface area contributed by atoms with E-state index in [0.717, 1.165) is 50.1 Å². The fourth-order valence-electron chi connectivity index (χ4n) is 3.58. The number of aromatic nitrogens is 3. The van der Waals surface area contributed by atoms with Gasteiger partial charge in [0.1, 0.15) is 0 Å². The number of guanidine groups is 1. The molecule has 1 aliphatic heterocycles. The Hall–Kier alpha value is -1.84. The predicted molar refractivity (Wildman–Crippen MR) is 125 cm³/mol. The van der Waals surface area contributed by atoms with Gasteiger partial charge in [-0.1, -0.05) is 0 Å². The number of rotatable bonds is 7. The molecule has 1 aliphatic carbocycles. The number of hydrogen-bond donors (Lipinski definition) is 1. The Bertz CT molecular complexity index is 819. The van der Waals surface area contributed by atoms with Crippen LogP contribution in [0.4, 0.5) is 0 Å². The number of likely N-dealkylation sites (tertiary alicyclic amines) is 1. The molecule has 1 saturated heterocycles. The van der Waals surface area contributed by atoms with Crippen LogP contribution in [-0.4, -0.2) is 51.9 Å². The van der Waals surface area contributed by atoms with Gasteiger partial charge >= 0.3 is 0 Å². The van der Waals surface area contributed by atoms with Crippen molar-refractivity contribution in [2.75, 3.05) is 26.2 Å². The Balaban J connectivity index is 0.00000240. The number of nitrogens with zero attached hydrogens (tertiary/aromatic N) is 5. The number of pyridine rings is 1. The highest BCUT2D eigenvalue weighted by Gasteiger charge is 2.27. The predicted octanol–water partition coefficient (Wildman–Crippen LogP) is 3.18. The molecule has 0 aromatic carbocycles. The van der Waals surface area contributed by atoms with E-state index in [0.29, 0.717) is 18.3 Å². The molecule has 158 valence electrons. The minimum Gasteiger partial charge on any atom is -0.477 e. The van der Waals surface area contributed by atoms with Gasteiger partial charge in [-0.05, 0) is 49.3 Å². The van der Waals surface area contributed by atoms with Crippen LogP contribution < -0.4 is 10.1 Å². The summed E-state index contributed by atoms with van der Waals surface area (Å²) in [5, 5.41) is 7.76. The number of ether oxygens (including phenoxy) is 1. The third-order valence-electron chi connectivity index (χ3n) is 5.39. The van der Waals surface area contributed by atoms with Crippen molar-refractivity contribution in [2.24, 2.45) is 18.0 Å². The zero-order valence-electron chi connectivity index (χ0n) is 17.3. The summed E-state index contributed by atoms with van der Waals surface area (Å²) in [7, 11) is 1.97. The number of aliphatic imine (C=N–C) groups is 1. The van der Waals surface area contributed by atoms with Crippen molar-refractivity contribution in [1.29, 1.82) is 0 Å². The molecule has 2 aromatic rings. The topological polar surface area (TPSA) is 67.6 Å². The van der Waals surface area contributed by atoms with Gasteiger partial charge in [-0.25, -0.2) is 9.98 Å². The van der Waals surface area contributed by atoms with E-state index < -0.39 is 0 Å². The summed E-state index contributed by atoms with van der Waals surface area (Å²) >= 11 is 0. The summed E-state index contributed by atoms with van der Waals surface area (Å²) in [4.78, 5) is 11.5. The molecular weight excluding hydrogens is 479 g/mol. The summed E-state index contributed by atoms with van der Waals surface area (Å²) in [5.74, 6) is 2.93. The van der Waals surface area contributed by atoms with Crippen LogP contribution in [0.15, 0.2) is 35.7 Å². The second-order valence-corrected chi connectivity index (χ2v) is 7.81. The van der Waals surface area contributed by atoms with Crippen molar-refractivity contribution in [3.05, 3.63) is 41.9 Å². The summed E-state index contributed by atoms with van der Waals surface area (Å²) in [5.41, 5.74) is 2.44. The number of hydrogen-bond acceptors (Lipinski definition) is 4. The Morgan fingerprint density at radius 1 is 1.34 bits per heavy atom. The average molecular weight is 510 g/mol. The summed E-state index contributed by atoms with van der Waals surface area (Å²) in [6.07, 6.45) is 9.62. The molecule has 1 atom stereocenters. The summed E-state index contributed by atoms with van der Waals surface area (Å²) < 4.78 is 7.67. The molecule has 8 heteroatoms. The molecule has 2 aromatic heterocycles. The highest BCUT2D eigenvalue weighted by Crippen LogP contribution is 2.29. The van der Waals surface area contributed by atoms with Crippen LogP contribution >= 0.6 is 24.0 Å². The van der Waals surface area contributed by atoms with Crippen LogP contribution in [-0.2, 0) is 13.6 Å². The maximum atomic E-state index is 5.80. The molecule has 7 nitrogen and oxygen atoms in total. The average Bonchev–Trinajstić information content (AvgIpc) is 3.22. The van der Waals surface area contributed by atoms with Crippen molar-refractivity contribution in [1.82, 2.24) is 25.0 Å². The van der Waals surface area contributed by atoms with E-state index in [1.807, 2.05) is 36.3 Å². The van der Waals surface area contributed by atoms with E-state index in [9.17, 15) is 0 Å². The van der Waals surface area contributed by atoms with Crippen molar-refractivity contribution in [3.63, 3.8) is 0 Å². The quantitative estimate of drug-likeness (QED) is 0.352. The number of halogens is 1. The zero-order chi connectivity index (χ0) is 19.3. The Labute approximate surface area is 190 Å². The van der Waals surface area contributed by atoms with Gasteiger partial charge in [0.2, 0.25) is 5.88 Å². The Kier molecular flexibility index (Phi) is 7.74. The monoisotopic (exact) mass is 510 g/mol. The second-order valence-electron chi connectivity index (χ2n) is 7.81. The molecule has 2 aliphatic rings. The molecule has 0 spiro atoms. The molecular formula is C21H31IN6O. The highest BCUT2D eigenvalue weighted by atomic mass is 127. The van der Waals surface area contributed by atoms with Gasteiger partial charge in [0, 0.05) is 51.1 Å². The van der Waals surface area contributed by atoms with Crippen molar-refractivity contribution < 1.29 is 4.74 Å². The van der Waals surface area contributed by atoms with Gasteiger partial charge in [-0.3, -0.25) is 4.68 Å². The van der Waals surface area contributed by atoms with Gasteiger partial charge in [-0.15, -0.1) is 24.0 Å². The van der Waals surface area contributed by atoms with Crippen LogP contribution in [0.2, 0.25) is 0 Å². The molecule has 1 unspecified atom stereocenters. The summed E-state index contributed by atoms with van der Waals surface area (Å²) in [6, 6.07) is 4.03. The molecule has 0 bridgehead atoms. The maximum absolute atomic E-state index is 5.80. The smallest absolute Gasteiger partial charge is 0.213 e. The lowest BCUT2D eigenvalue weighted by Gasteiger charge is -2.21. The van der Waals surface area contributed by atoms with Crippen LogP contribution in [0.1, 0.15) is 43.2 Å². The first-order chi connectivity index (χ1) is 13.7. The highest BCUT2D eigenvalue weighted by molar-refractivity contribution is 14.0. The summed E-state index contributed by atoms with van der Waals surface area (Å²) in [6.45, 7) is 6.37. The van der Waals surface area contributed by atoms with Crippen LogP contribution in [0.5, 0.6) is 5.88 Å². The zero-order valence-corrected chi connectivity index (χ0v) is 19.6. The van der Waals surface area contributed by atoms with Crippen molar-refractivity contribution in [2.45, 2.75) is 38.6 Å². The molecule has 1 saturated carbocycles. The van der Waals surface area contributed by atoms with Crippen molar-refractivity contribution >= 4 is 29.9 Å². The Morgan fingerprint density at radius 2 is 2.21 bits per heavy atom. The molecule has 3 heterocycles. The van der Waals surface area contributed by atoms with Gasteiger partial charge in [0.05, 0.1) is 19.3 Å². The third kappa shape index (κ3) is 6.07. The van der Waals surface area contributed by atoms with Crippen LogP contribution in [0.25, 0.3) is 0 Å². The van der Waals surface area contributed by atoms with E-state index in [-0.39, 0.29) is 24.0 Å². The molecule has 29 heavy (non-hydrogen) atoms. The van der Waals surface area contributed by atoms with E-state index in [2.05, 4.69) is 33.4 Å². The first kappa shape index (κ1) is 21.9. The van der Waals surface area contributed by atoms with Crippen LogP contribution in [0, 0.1) is 5.92 Å². The minimum absolute atomic E-state index is 0. The first-order valence-corrected chi connectivity index (χ1v) is 10.3. The van der Waals surface area contributed by atoms with E-state index in [4.69, 9.17) is 9.73 Å². The third-order valence-corrected chi connectivity index (χ3v) is 5.39. The largest absolute Gasteiger partial charge is 0.477 e. The SMILES string of the molecule is CCNC(=NCc1ccnc(OCC2CC2)c1)N1CCC(c2cnn(C)c2)C1.I. The lowest BCUT2D eigenvalue weighted by Crippen LogP contribution is -2.40. The van der Waals surface area contributed by atoms with Gasteiger partial charge in [-0.2, -0.15) is 5.10 Å². The molecule has 2 fully saturated rings. The number of nitrogens with one attached hydrogen (secondary N) is 1. The van der Waals surface area contributed by atoms with Gasteiger partial charge < -0.3 is 15.0 Å². The Morgan fingerprint density at radius 3 is 2.93 bits per heavy atom. The lowest BCUT2D eigenvalue weighted by molar-refractivity contribution is 0.288.